The second-order valence-corrected chi connectivity index (χ2v) is 2.15. The van der Waals surface area contributed by atoms with Gasteiger partial charge in [0.05, 0.1) is 0 Å². The van der Waals surface area contributed by atoms with E-state index < -0.39 is 24.2 Å². The van der Waals surface area contributed by atoms with Gasteiger partial charge in [0, 0.05) is 5.46 Å². The molecule has 13 heavy (non-hydrogen) atoms. The highest BCUT2D eigenvalue weighted by molar-refractivity contribution is 6.60. The van der Waals surface area contributed by atoms with Crippen LogP contribution in [0.5, 0.6) is 0 Å². The molecule has 0 aliphatic heterocycles. The second kappa shape index (κ2) is 4.24. The van der Waals surface area contributed by atoms with Gasteiger partial charge in [-0.3, -0.25) is 0 Å². The Morgan fingerprint density at radius 1 is 1.08 bits per heavy atom. The van der Waals surface area contributed by atoms with Gasteiger partial charge in [0.15, 0.2) is 11.6 Å². The van der Waals surface area contributed by atoms with Crippen molar-refractivity contribution in [1.29, 1.82) is 0 Å². The predicted molar refractivity (Wildman–Crippen MR) is 36.1 cm³/mol. The van der Waals surface area contributed by atoms with Gasteiger partial charge in [0.2, 0.25) is 0 Å². The molecule has 0 saturated heterocycles. The van der Waals surface area contributed by atoms with Gasteiger partial charge >= 0.3 is 7.12 Å². The molecular formula is C6H3BF4O2. The van der Waals surface area contributed by atoms with E-state index in [1.54, 1.807) is 0 Å². The van der Waals surface area contributed by atoms with Crippen LogP contribution in [0.4, 0.5) is 17.8 Å². The first-order valence-corrected chi connectivity index (χ1v) is 3.19. The molecule has 0 aromatic heterocycles. The minimum Gasteiger partial charge on any atom is -0.214 e. The Bertz CT molecular complexity index is 292. The van der Waals surface area contributed by atoms with Crippen molar-refractivity contribution in [3.05, 3.63) is 29.8 Å². The molecular weight excluding hydrogens is 191 g/mol. The molecule has 0 N–H and O–H groups in total. The van der Waals surface area contributed by atoms with Crippen molar-refractivity contribution in [2.45, 2.75) is 0 Å². The van der Waals surface area contributed by atoms with Crippen molar-refractivity contribution < 1.29 is 27.6 Å². The lowest BCUT2D eigenvalue weighted by molar-refractivity contribution is -0.100. The van der Waals surface area contributed by atoms with E-state index in [4.69, 9.17) is 0 Å². The summed E-state index contributed by atoms with van der Waals surface area (Å²) in [5.41, 5.74) is -0.690. The molecule has 0 aliphatic carbocycles. The molecule has 0 saturated carbocycles. The van der Waals surface area contributed by atoms with Gasteiger partial charge in [-0.15, -0.1) is 0 Å². The van der Waals surface area contributed by atoms with E-state index in [0.717, 1.165) is 18.2 Å². The standard InChI is InChI=1S/C6H3BF4O2/c8-5-3-1-2-4(6(5)9)7(12-10)13-11/h1-3H. The predicted octanol–water partition coefficient (Wildman–Crippen LogP) is 1.46. The maximum atomic E-state index is 12.8. The van der Waals surface area contributed by atoms with Gasteiger partial charge < -0.3 is 0 Å². The molecule has 0 aliphatic rings. The highest BCUT2D eigenvalue weighted by Crippen LogP contribution is 2.04. The summed E-state index contributed by atoms with van der Waals surface area (Å²) in [6.45, 7) is 0. The molecule has 70 valence electrons. The third kappa shape index (κ3) is 1.99. The molecule has 1 aromatic carbocycles. The van der Waals surface area contributed by atoms with Crippen molar-refractivity contribution in [3.8, 4) is 0 Å². The summed E-state index contributed by atoms with van der Waals surface area (Å²) in [5.74, 6) is -2.65. The minimum absolute atomic E-state index is 0.690. The molecule has 0 unspecified atom stereocenters. The van der Waals surface area contributed by atoms with Gasteiger partial charge in [-0.25, -0.2) is 18.5 Å². The number of benzene rings is 1. The Morgan fingerprint density at radius 3 is 2.23 bits per heavy atom. The van der Waals surface area contributed by atoms with Crippen molar-refractivity contribution >= 4 is 12.6 Å². The SMILES string of the molecule is FOB(OF)c1cccc(F)c1F. The van der Waals surface area contributed by atoms with Crippen LogP contribution in [0.2, 0.25) is 0 Å². The first-order chi connectivity index (χ1) is 6.20. The molecule has 1 aromatic rings. The maximum Gasteiger partial charge on any atom is 0.571 e. The summed E-state index contributed by atoms with van der Waals surface area (Å²) in [7, 11) is -2.20. The third-order valence-corrected chi connectivity index (χ3v) is 1.40. The fourth-order valence-corrected chi connectivity index (χ4v) is 0.812. The Morgan fingerprint density at radius 2 is 1.69 bits per heavy atom. The summed E-state index contributed by atoms with van der Waals surface area (Å²) in [6.07, 6.45) is 0. The van der Waals surface area contributed by atoms with Gasteiger partial charge in [0.1, 0.15) is 0 Å². The minimum atomic E-state index is -2.20. The molecule has 1 rings (SSSR count). The Kier molecular flexibility index (Phi) is 3.27. The fraction of sp³-hybridized carbons (Fsp3) is 0. The Balaban J connectivity index is 3.05. The highest BCUT2D eigenvalue weighted by atomic mass is 19.3. The summed E-state index contributed by atoms with van der Waals surface area (Å²) >= 11 is 0. The second-order valence-electron chi connectivity index (χ2n) is 2.15. The van der Waals surface area contributed by atoms with Gasteiger partial charge in [-0.2, -0.15) is 0 Å². The first-order valence-electron chi connectivity index (χ1n) is 3.19. The van der Waals surface area contributed by atoms with Gasteiger partial charge in [-0.1, -0.05) is 21.2 Å². The van der Waals surface area contributed by atoms with Crippen LogP contribution in [-0.4, -0.2) is 7.12 Å². The van der Waals surface area contributed by atoms with E-state index in [2.05, 4.69) is 9.72 Å². The lowest BCUT2D eigenvalue weighted by Gasteiger charge is -2.03. The highest BCUT2D eigenvalue weighted by Gasteiger charge is 2.29. The summed E-state index contributed by atoms with van der Waals surface area (Å²) < 4.78 is 48.2. The lowest BCUT2D eigenvalue weighted by Crippen LogP contribution is -2.35. The maximum absolute atomic E-state index is 12.8. The summed E-state index contributed by atoms with van der Waals surface area (Å²) in [6, 6.07) is 2.80. The lowest BCUT2D eigenvalue weighted by atomic mass is 9.79. The van der Waals surface area contributed by atoms with Crippen molar-refractivity contribution in [2.75, 3.05) is 0 Å². The summed E-state index contributed by atoms with van der Waals surface area (Å²) in [5, 5.41) is 0. The molecule has 0 spiro atoms. The van der Waals surface area contributed by atoms with E-state index in [0.29, 0.717) is 0 Å². The molecule has 0 atom stereocenters. The van der Waals surface area contributed by atoms with Crippen LogP contribution in [0.15, 0.2) is 18.2 Å². The number of halogens is 4. The van der Waals surface area contributed by atoms with E-state index in [-0.39, 0.29) is 0 Å². The Labute approximate surface area is 71.0 Å². The number of hydrogen-bond donors (Lipinski definition) is 0. The van der Waals surface area contributed by atoms with Crippen molar-refractivity contribution in [1.82, 2.24) is 0 Å². The van der Waals surface area contributed by atoms with E-state index in [1.165, 1.54) is 0 Å². The van der Waals surface area contributed by atoms with Crippen LogP contribution in [-0.2, 0) is 9.72 Å². The molecule has 2 nitrogen and oxygen atoms in total. The normalized spacial score (nSPS) is 10.2. The molecule has 0 amide bonds. The molecule has 0 radical (unpaired) electrons. The number of rotatable bonds is 3. The topological polar surface area (TPSA) is 18.5 Å². The smallest absolute Gasteiger partial charge is 0.214 e. The Hall–Kier alpha value is -1.08. The zero-order valence-corrected chi connectivity index (χ0v) is 6.14. The van der Waals surface area contributed by atoms with Crippen LogP contribution in [0.3, 0.4) is 0 Å². The molecule has 0 fully saturated rings. The van der Waals surface area contributed by atoms with Gasteiger partial charge in [-0.05, 0) is 6.07 Å². The van der Waals surface area contributed by atoms with Gasteiger partial charge in [0.25, 0.3) is 0 Å². The van der Waals surface area contributed by atoms with Crippen molar-refractivity contribution in [2.24, 2.45) is 0 Å². The zero-order chi connectivity index (χ0) is 9.84. The molecule has 0 heterocycles. The van der Waals surface area contributed by atoms with Crippen LogP contribution in [0.1, 0.15) is 0 Å². The quantitative estimate of drug-likeness (QED) is 0.535. The van der Waals surface area contributed by atoms with E-state index >= 15 is 0 Å². The van der Waals surface area contributed by atoms with Crippen LogP contribution < -0.4 is 5.46 Å². The average Bonchev–Trinajstić information content (AvgIpc) is 2.14. The zero-order valence-electron chi connectivity index (χ0n) is 6.14. The average molecular weight is 194 g/mol. The fourth-order valence-electron chi connectivity index (χ4n) is 0.812. The van der Waals surface area contributed by atoms with E-state index in [9.17, 15) is 17.8 Å². The first kappa shape index (κ1) is 10.0. The van der Waals surface area contributed by atoms with Crippen LogP contribution in [0, 0.1) is 11.6 Å². The van der Waals surface area contributed by atoms with Crippen LogP contribution >= 0.6 is 0 Å². The van der Waals surface area contributed by atoms with E-state index in [1.807, 2.05) is 0 Å². The van der Waals surface area contributed by atoms with Crippen molar-refractivity contribution in [3.63, 3.8) is 0 Å². The number of hydrogen-bond acceptors (Lipinski definition) is 2. The largest absolute Gasteiger partial charge is 0.571 e. The third-order valence-electron chi connectivity index (χ3n) is 1.40. The molecule has 0 bridgehead atoms. The van der Waals surface area contributed by atoms with Crippen LogP contribution in [0.25, 0.3) is 0 Å². The monoisotopic (exact) mass is 194 g/mol. The summed E-state index contributed by atoms with van der Waals surface area (Å²) in [4.78, 5) is 5.83. The molecule has 7 heteroatoms.